The average molecular weight is 376 g/mol. The highest BCUT2D eigenvalue weighted by Crippen LogP contribution is 2.29. The van der Waals surface area contributed by atoms with Gasteiger partial charge in [0.15, 0.2) is 0 Å². The maximum absolute atomic E-state index is 12.7. The maximum atomic E-state index is 12.7. The van der Waals surface area contributed by atoms with Crippen molar-refractivity contribution in [3.05, 3.63) is 65.9 Å². The van der Waals surface area contributed by atoms with Crippen molar-refractivity contribution in [2.24, 2.45) is 0 Å². The number of hydrogen-bond acceptors (Lipinski definition) is 3. The SMILES string of the molecule is CC.O=C(O)c1ccc(-c2ccnc3ccc(C(=O)N4CCCC4)cc23)cc1. The van der Waals surface area contributed by atoms with Crippen LogP contribution in [-0.2, 0) is 0 Å². The number of hydrogen-bond donors (Lipinski definition) is 1. The van der Waals surface area contributed by atoms with Gasteiger partial charge in [0.05, 0.1) is 11.1 Å². The molecule has 144 valence electrons. The second kappa shape index (κ2) is 8.65. The van der Waals surface area contributed by atoms with Gasteiger partial charge in [0.2, 0.25) is 0 Å². The smallest absolute Gasteiger partial charge is 0.335 e. The minimum absolute atomic E-state index is 0.0560. The minimum atomic E-state index is -0.949. The van der Waals surface area contributed by atoms with Gasteiger partial charge in [-0.25, -0.2) is 4.79 Å². The number of nitrogens with zero attached hydrogens (tertiary/aromatic N) is 2. The van der Waals surface area contributed by atoms with E-state index in [-0.39, 0.29) is 11.5 Å². The minimum Gasteiger partial charge on any atom is -0.478 e. The molecule has 0 atom stereocenters. The van der Waals surface area contributed by atoms with E-state index >= 15 is 0 Å². The molecule has 0 radical (unpaired) electrons. The van der Waals surface area contributed by atoms with Crippen molar-refractivity contribution >= 4 is 22.8 Å². The molecule has 2 aromatic carbocycles. The lowest BCUT2D eigenvalue weighted by molar-refractivity contribution is 0.0696. The molecular weight excluding hydrogens is 352 g/mol. The molecule has 3 aromatic rings. The van der Waals surface area contributed by atoms with Gasteiger partial charge in [0.1, 0.15) is 0 Å². The number of carboxylic acids is 1. The topological polar surface area (TPSA) is 70.5 Å². The number of aromatic carboxylic acids is 1. The zero-order valence-electron chi connectivity index (χ0n) is 16.2. The Bertz CT molecular complexity index is 990. The van der Waals surface area contributed by atoms with Crippen molar-refractivity contribution in [1.29, 1.82) is 0 Å². The van der Waals surface area contributed by atoms with Gasteiger partial charge in [-0.3, -0.25) is 9.78 Å². The molecule has 0 saturated carbocycles. The summed E-state index contributed by atoms with van der Waals surface area (Å²) in [7, 11) is 0. The molecule has 0 spiro atoms. The number of fused-ring (bicyclic) bond motifs is 1. The number of amides is 1. The van der Waals surface area contributed by atoms with Crippen LogP contribution in [0.1, 0.15) is 47.4 Å². The van der Waals surface area contributed by atoms with E-state index in [1.54, 1.807) is 30.5 Å². The first-order valence-corrected chi connectivity index (χ1v) is 9.65. The Morgan fingerprint density at radius 2 is 1.57 bits per heavy atom. The Morgan fingerprint density at radius 1 is 0.929 bits per heavy atom. The predicted octanol–water partition coefficient (Wildman–Crippen LogP) is 4.86. The lowest BCUT2D eigenvalue weighted by Gasteiger charge is -2.16. The van der Waals surface area contributed by atoms with Crippen LogP contribution in [0.25, 0.3) is 22.0 Å². The van der Waals surface area contributed by atoms with E-state index in [2.05, 4.69) is 4.98 Å². The van der Waals surface area contributed by atoms with Crippen molar-refractivity contribution in [2.75, 3.05) is 13.1 Å². The number of benzene rings is 2. The van der Waals surface area contributed by atoms with Gasteiger partial charge in [0, 0.05) is 30.2 Å². The van der Waals surface area contributed by atoms with E-state index in [0.29, 0.717) is 5.56 Å². The van der Waals surface area contributed by atoms with Crippen molar-refractivity contribution < 1.29 is 14.7 Å². The fraction of sp³-hybridized carbons (Fsp3) is 0.261. The Labute approximate surface area is 164 Å². The molecule has 0 bridgehead atoms. The van der Waals surface area contributed by atoms with Crippen LogP contribution in [0.4, 0.5) is 0 Å². The molecule has 1 amide bonds. The van der Waals surface area contributed by atoms with Gasteiger partial charge < -0.3 is 10.0 Å². The van der Waals surface area contributed by atoms with Crippen LogP contribution in [0, 0.1) is 0 Å². The first kappa shape index (κ1) is 19.5. The lowest BCUT2D eigenvalue weighted by atomic mass is 9.98. The molecule has 1 aliphatic heterocycles. The molecule has 5 heteroatoms. The zero-order chi connectivity index (χ0) is 20.1. The summed E-state index contributed by atoms with van der Waals surface area (Å²) in [6.07, 6.45) is 3.84. The summed E-state index contributed by atoms with van der Waals surface area (Å²) >= 11 is 0. The molecule has 1 N–H and O–H groups in total. The molecule has 2 heterocycles. The summed E-state index contributed by atoms with van der Waals surface area (Å²) in [6, 6.07) is 14.2. The number of carbonyl (C=O) groups excluding carboxylic acids is 1. The lowest BCUT2D eigenvalue weighted by Crippen LogP contribution is -2.27. The third-order valence-corrected chi connectivity index (χ3v) is 4.82. The van der Waals surface area contributed by atoms with E-state index in [1.807, 2.05) is 43.0 Å². The zero-order valence-corrected chi connectivity index (χ0v) is 16.2. The third-order valence-electron chi connectivity index (χ3n) is 4.82. The fourth-order valence-electron chi connectivity index (χ4n) is 3.43. The van der Waals surface area contributed by atoms with Gasteiger partial charge in [-0.05, 0) is 60.4 Å². The first-order valence-electron chi connectivity index (χ1n) is 9.65. The molecule has 4 rings (SSSR count). The van der Waals surface area contributed by atoms with Crippen LogP contribution in [-0.4, -0.2) is 40.0 Å². The molecule has 0 aliphatic carbocycles. The van der Waals surface area contributed by atoms with E-state index in [0.717, 1.165) is 48.0 Å². The van der Waals surface area contributed by atoms with Crippen molar-refractivity contribution in [3.8, 4) is 11.1 Å². The summed E-state index contributed by atoms with van der Waals surface area (Å²) in [5.41, 5.74) is 3.55. The number of likely N-dealkylation sites (tertiary alicyclic amines) is 1. The van der Waals surface area contributed by atoms with E-state index < -0.39 is 5.97 Å². The third kappa shape index (κ3) is 3.88. The van der Waals surface area contributed by atoms with Gasteiger partial charge in [-0.15, -0.1) is 0 Å². The Balaban J connectivity index is 0.00000109. The van der Waals surface area contributed by atoms with Crippen LogP contribution in [0.3, 0.4) is 0 Å². The summed E-state index contributed by atoms with van der Waals surface area (Å²) in [5.74, 6) is -0.893. The Kier molecular flexibility index (Phi) is 6.04. The summed E-state index contributed by atoms with van der Waals surface area (Å²) in [6.45, 7) is 5.63. The van der Waals surface area contributed by atoms with Crippen molar-refractivity contribution in [2.45, 2.75) is 26.7 Å². The van der Waals surface area contributed by atoms with Gasteiger partial charge in [-0.1, -0.05) is 26.0 Å². The van der Waals surface area contributed by atoms with E-state index in [1.165, 1.54) is 0 Å². The van der Waals surface area contributed by atoms with Crippen LogP contribution < -0.4 is 0 Å². The number of rotatable bonds is 3. The number of pyridine rings is 1. The van der Waals surface area contributed by atoms with E-state index in [9.17, 15) is 9.59 Å². The summed E-state index contributed by atoms with van der Waals surface area (Å²) < 4.78 is 0. The quantitative estimate of drug-likeness (QED) is 0.708. The second-order valence-corrected chi connectivity index (χ2v) is 6.47. The molecular formula is C23H24N2O3. The highest BCUT2D eigenvalue weighted by atomic mass is 16.4. The summed E-state index contributed by atoms with van der Waals surface area (Å²) in [4.78, 5) is 30.0. The van der Waals surface area contributed by atoms with Crippen molar-refractivity contribution in [3.63, 3.8) is 0 Å². The second-order valence-electron chi connectivity index (χ2n) is 6.47. The Hall–Kier alpha value is -3.21. The molecule has 1 aromatic heterocycles. The molecule has 0 unspecified atom stereocenters. The number of carbonyl (C=O) groups is 2. The number of aromatic nitrogens is 1. The Morgan fingerprint density at radius 3 is 2.21 bits per heavy atom. The normalized spacial score (nSPS) is 13.1. The average Bonchev–Trinajstić information content (AvgIpc) is 3.29. The van der Waals surface area contributed by atoms with Gasteiger partial charge in [-0.2, -0.15) is 0 Å². The van der Waals surface area contributed by atoms with Gasteiger partial charge >= 0.3 is 5.97 Å². The predicted molar refractivity (Wildman–Crippen MR) is 111 cm³/mol. The van der Waals surface area contributed by atoms with Gasteiger partial charge in [0.25, 0.3) is 5.91 Å². The largest absolute Gasteiger partial charge is 0.478 e. The molecule has 1 saturated heterocycles. The number of carboxylic acid groups (broad SMARTS) is 1. The van der Waals surface area contributed by atoms with Crippen LogP contribution in [0.15, 0.2) is 54.7 Å². The maximum Gasteiger partial charge on any atom is 0.335 e. The van der Waals surface area contributed by atoms with Crippen molar-refractivity contribution in [1.82, 2.24) is 9.88 Å². The monoisotopic (exact) mass is 376 g/mol. The molecule has 5 nitrogen and oxygen atoms in total. The van der Waals surface area contributed by atoms with Crippen LogP contribution >= 0.6 is 0 Å². The van der Waals surface area contributed by atoms with Crippen LogP contribution in [0.5, 0.6) is 0 Å². The molecule has 1 fully saturated rings. The standard InChI is InChI=1S/C21H18N2O3.C2H6/c24-20(23-11-1-2-12-23)16-7-8-19-18(13-16)17(9-10-22-19)14-3-5-15(6-4-14)21(25)26;1-2/h3-10,13H,1-2,11-12H2,(H,25,26);1-2H3. The van der Waals surface area contributed by atoms with E-state index in [4.69, 9.17) is 5.11 Å². The van der Waals surface area contributed by atoms with Crippen LogP contribution in [0.2, 0.25) is 0 Å². The fourth-order valence-corrected chi connectivity index (χ4v) is 3.43. The molecule has 28 heavy (non-hydrogen) atoms. The first-order chi connectivity index (χ1) is 13.6. The summed E-state index contributed by atoms with van der Waals surface area (Å²) in [5, 5.41) is 9.96. The molecule has 1 aliphatic rings. The highest BCUT2D eigenvalue weighted by molar-refractivity contribution is 6.02. The highest BCUT2D eigenvalue weighted by Gasteiger charge is 2.20.